The minimum atomic E-state index is -3.96. The van der Waals surface area contributed by atoms with Crippen molar-refractivity contribution in [1.29, 1.82) is 0 Å². The van der Waals surface area contributed by atoms with E-state index in [-0.39, 0.29) is 10.3 Å². The SMILES string of the molecule is CCOCCCn1cc(S(N)(=O)=O)c2c(F)cccc21. The van der Waals surface area contributed by atoms with E-state index in [4.69, 9.17) is 9.88 Å². The van der Waals surface area contributed by atoms with E-state index in [1.54, 1.807) is 16.7 Å². The highest BCUT2D eigenvalue weighted by Gasteiger charge is 2.20. The molecule has 0 amide bonds. The maximum Gasteiger partial charge on any atom is 0.240 e. The van der Waals surface area contributed by atoms with Crippen LogP contribution in [0.25, 0.3) is 10.9 Å². The number of sulfonamides is 1. The lowest BCUT2D eigenvalue weighted by molar-refractivity contribution is 0.142. The second kappa shape index (κ2) is 5.90. The zero-order valence-corrected chi connectivity index (χ0v) is 12.0. The molecule has 110 valence electrons. The van der Waals surface area contributed by atoms with Gasteiger partial charge in [0.1, 0.15) is 10.7 Å². The van der Waals surface area contributed by atoms with Crippen molar-refractivity contribution < 1.29 is 17.5 Å². The molecule has 2 N–H and O–H groups in total. The first kappa shape index (κ1) is 15.0. The van der Waals surface area contributed by atoms with Gasteiger partial charge < -0.3 is 9.30 Å². The van der Waals surface area contributed by atoms with Gasteiger partial charge in [-0.2, -0.15) is 0 Å². The standard InChI is InChI=1S/C13H17FN2O3S/c1-2-19-8-4-7-16-9-12(20(15,17)18)13-10(14)5-3-6-11(13)16/h3,5-6,9H,2,4,7-8H2,1H3,(H2,15,17,18). The topological polar surface area (TPSA) is 74.3 Å². The number of nitrogens with two attached hydrogens (primary N) is 1. The number of hydrogen-bond donors (Lipinski definition) is 1. The maximum atomic E-state index is 13.9. The van der Waals surface area contributed by atoms with Gasteiger partial charge in [-0.1, -0.05) is 6.07 Å². The predicted octanol–water partition coefficient (Wildman–Crippen LogP) is 1.85. The van der Waals surface area contributed by atoms with Crippen LogP contribution in [0.2, 0.25) is 0 Å². The fourth-order valence-corrected chi connectivity index (χ4v) is 2.91. The predicted molar refractivity (Wildman–Crippen MR) is 74.4 cm³/mol. The van der Waals surface area contributed by atoms with Crippen LogP contribution in [-0.4, -0.2) is 26.2 Å². The number of hydrogen-bond acceptors (Lipinski definition) is 3. The van der Waals surface area contributed by atoms with Gasteiger partial charge in [-0.15, -0.1) is 0 Å². The van der Waals surface area contributed by atoms with Gasteiger partial charge in [-0.25, -0.2) is 17.9 Å². The lowest BCUT2D eigenvalue weighted by atomic mass is 10.2. The molecule has 0 saturated heterocycles. The number of halogens is 1. The van der Waals surface area contributed by atoms with E-state index in [0.717, 1.165) is 0 Å². The summed E-state index contributed by atoms with van der Waals surface area (Å²) in [6.45, 7) is 3.63. The lowest BCUT2D eigenvalue weighted by Crippen LogP contribution is -2.12. The maximum absolute atomic E-state index is 13.9. The third-order valence-corrected chi connectivity index (χ3v) is 3.94. The minimum absolute atomic E-state index is 0.0476. The molecule has 0 radical (unpaired) electrons. The summed E-state index contributed by atoms with van der Waals surface area (Å²) in [4.78, 5) is -0.179. The first-order valence-corrected chi connectivity index (χ1v) is 7.87. The molecule has 20 heavy (non-hydrogen) atoms. The summed E-state index contributed by atoms with van der Waals surface area (Å²) in [5.74, 6) is -0.588. The lowest BCUT2D eigenvalue weighted by Gasteiger charge is -2.05. The van der Waals surface area contributed by atoms with Gasteiger partial charge in [0, 0.05) is 26.0 Å². The highest BCUT2D eigenvalue weighted by atomic mass is 32.2. The second-order valence-electron chi connectivity index (χ2n) is 4.42. The van der Waals surface area contributed by atoms with Crippen LogP contribution in [-0.2, 0) is 21.3 Å². The number of ether oxygens (including phenoxy) is 1. The van der Waals surface area contributed by atoms with Gasteiger partial charge >= 0.3 is 0 Å². The summed E-state index contributed by atoms with van der Waals surface area (Å²) >= 11 is 0. The molecular weight excluding hydrogens is 283 g/mol. The van der Waals surface area contributed by atoms with E-state index in [9.17, 15) is 12.8 Å². The Balaban J connectivity index is 2.44. The number of benzene rings is 1. The Hall–Kier alpha value is -1.44. The summed E-state index contributed by atoms with van der Waals surface area (Å²) in [6.07, 6.45) is 2.09. The van der Waals surface area contributed by atoms with Crippen LogP contribution >= 0.6 is 0 Å². The van der Waals surface area contributed by atoms with Gasteiger partial charge in [0.25, 0.3) is 0 Å². The number of primary sulfonamides is 1. The quantitative estimate of drug-likeness (QED) is 0.827. The highest BCUT2D eigenvalue weighted by Crippen LogP contribution is 2.27. The van der Waals surface area contributed by atoms with Crippen molar-refractivity contribution >= 4 is 20.9 Å². The summed E-state index contributed by atoms with van der Waals surface area (Å²) in [7, 11) is -3.96. The fourth-order valence-electron chi connectivity index (χ4n) is 2.15. The van der Waals surface area contributed by atoms with E-state index in [1.807, 2.05) is 6.92 Å². The van der Waals surface area contributed by atoms with Crippen molar-refractivity contribution in [3.8, 4) is 0 Å². The monoisotopic (exact) mass is 300 g/mol. The van der Waals surface area contributed by atoms with Crippen molar-refractivity contribution in [3.05, 3.63) is 30.2 Å². The van der Waals surface area contributed by atoms with Crippen LogP contribution in [0.1, 0.15) is 13.3 Å². The van der Waals surface area contributed by atoms with E-state index in [1.165, 1.54) is 12.3 Å². The smallest absolute Gasteiger partial charge is 0.240 e. The molecular formula is C13H17FN2O3S. The van der Waals surface area contributed by atoms with Crippen molar-refractivity contribution in [2.75, 3.05) is 13.2 Å². The van der Waals surface area contributed by atoms with Crippen LogP contribution in [0, 0.1) is 5.82 Å². The Morgan fingerprint density at radius 1 is 1.40 bits per heavy atom. The molecule has 0 bridgehead atoms. The van der Waals surface area contributed by atoms with Crippen LogP contribution in [0.4, 0.5) is 4.39 Å². The first-order valence-electron chi connectivity index (χ1n) is 6.33. The van der Waals surface area contributed by atoms with Crippen molar-refractivity contribution in [1.82, 2.24) is 4.57 Å². The zero-order chi connectivity index (χ0) is 14.8. The van der Waals surface area contributed by atoms with Crippen LogP contribution in [0.3, 0.4) is 0 Å². The van der Waals surface area contributed by atoms with Gasteiger partial charge in [-0.05, 0) is 25.5 Å². The number of aromatic nitrogens is 1. The van der Waals surface area contributed by atoms with Crippen molar-refractivity contribution in [3.63, 3.8) is 0 Å². The molecule has 0 spiro atoms. The molecule has 0 unspecified atom stereocenters. The average molecular weight is 300 g/mol. The Bertz CT molecular complexity index is 710. The van der Waals surface area contributed by atoms with E-state index in [2.05, 4.69) is 0 Å². The molecule has 0 aliphatic carbocycles. The molecule has 1 heterocycles. The summed E-state index contributed by atoms with van der Waals surface area (Å²) in [6, 6.07) is 4.44. The van der Waals surface area contributed by atoms with Gasteiger partial charge in [0.15, 0.2) is 0 Å². The normalized spacial score (nSPS) is 12.2. The molecule has 0 saturated carbocycles. The molecule has 1 aromatic carbocycles. The zero-order valence-electron chi connectivity index (χ0n) is 11.2. The molecule has 0 atom stereocenters. The number of rotatable bonds is 6. The Morgan fingerprint density at radius 2 is 2.15 bits per heavy atom. The second-order valence-corrected chi connectivity index (χ2v) is 5.95. The Labute approximate surface area is 117 Å². The number of nitrogens with zero attached hydrogens (tertiary/aromatic N) is 1. The molecule has 5 nitrogen and oxygen atoms in total. The van der Waals surface area contributed by atoms with Crippen LogP contribution < -0.4 is 5.14 Å². The van der Waals surface area contributed by atoms with Crippen LogP contribution in [0.5, 0.6) is 0 Å². The van der Waals surface area contributed by atoms with Crippen molar-refractivity contribution in [2.45, 2.75) is 24.8 Å². The van der Waals surface area contributed by atoms with E-state index < -0.39 is 15.8 Å². The van der Waals surface area contributed by atoms with Gasteiger partial charge in [-0.3, -0.25) is 0 Å². The molecule has 1 aromatic heterocycles. The largest absolute Gasteiger partial charge is 0.382 e. The third-order valence-electron chi connectivity index (χ3n) is 3.02. The fraction of sp³-hybridized carbons (Fsp3) is 0.385. The average Bonchev–Trinajstić information content (AvgIpc) is 2.75. The van der Waals surface area contributed by atoms with E-state index in [0.29, 0.717) is 31.7 Å². The Morgan fingerprint density at radius 3 is 2.80 bits per heavy atom. The molecule has 7 heteroatoms. The third kappa shape index (κ3) is 3.00. The molecule has 2 aromatic rings. The Kier molecular flexibility index (Phi) is 4.42. The summed E-state index contributed by atoms with van der Waals surface area (Å²) < 4.78 is 43.9. The summed E-state index contributed by atoms with van der Waals surface area (Å²) in [5, 5.41) is 5.20. The van der Waals surface area contributed by atoms with E-state index >= 15 is 0 Å². The summed E-state index contributed by atoms with van der Waals surface area (Å²) in [5.41, 5.74) is 0.519. The highest BCUT2D eigenvalue weighted by molar-refractivity contribution is 7.89. The molecule has 2 rings (SSSR count). The molecule has 0 aliphatic rings. The first-order chi connectivity index (χ1) is 9.45. The van der Waals surface area contributed by atoms with Crippen molar-refractivity contribution in [2.24, 2.45) is 5.14 Å². The number of aryl methyl sites for hydroxylation is 1. The van der Waals surface area contributed by atoms with Gasteiger partial charge in [0.2, 0.25) is 10.0 Å². The molecule has 0 fully saturated rings. The molecule has 0 aliphatic heterocycles. The van der Waals surface area contributed by atoms with Gasteiger partial charge in [0.05, 0.1) is 10.9 Å². The minimum Gasteiger partial charge on any atom is -0.382 e. The number of fused-ring (bicyclic) bond motifs is 1. The van der Waals surface area contributed by atoms with Crippen LogP contribution in [0.15, 0.2) is 29.3 Å².